The van der Waals surface area contributed by atoms with Gasteiger partial charge in [-0.15, -0.1) is 0 Å². The van der Waals surface area contributed by atoms with Crippen molar-refractivity contribution in [2.24, 2.45) is 0 Å². The van der Waals surface area contributed by atoms with Gasteiger partial charge in [-0.25, -0.2) is 4.98 Å². The van der Waals surface area contributed by atoms with Crippen LogP contribution in [-0.4, -0.2) is 57.3 Å². The van der Waals surface area contributed by atoms with Crippen molar-refractivity contribution >= 4 is 57.7 Å². The van der Waals surface area contributed by atoms with Gasteiger partial charge >= 0.3 is 0 Å². The molecule has 3 aromatic rings. The third-order valence-corrected chi connectivity index (χ3v) is 6.64. The monoisotopic (exact) mass is 478 g/mol. The Morgan fingerprint density at radius 1 is 0.935 bits per heavy atom. The van der Waals surface area contributed by atoms with Gasteiger partial charge in [0, 0.05) is 44.5 Å². The Morgan fingerprint density at radius 2 is 1.58 bits per heavy atom. The van der Waals surface area contributed by atoms with E-state index >= 15 is 0 Å². The molecule has 0 unspecified atom stereocenters. The number of halogens is 3. The third kappa shape index (κ3) is 4.66. The van der Waals surface area contributed by atoms with Gasteiger partial charge in [0.25, 0.3) is 0 Å². The van der Waals surface area contributed by atoms with Gasteiger partial charge in [0.15, 0.2) is 0 Å². The fourth-order valence-corrected chi connectivity index (χ4v) is 4.32. The molecule has 0 radical (unpaired) electrons. The smallest absolute Gasteiger partial charge is 0.242 e. The summed E-state index contributed by atoms with van der Waals surface area (Å²) in [5, 5.41) is 1.46. The summed E-state index contributed by atoms with van der Waals surface area (Å²) in [4.78, 5) is 32.9. The molecule has 4 rings (SSSR count). The first-order chi connectivity index (χ1) is 14.8. The molecule has 1 aromatic heterocycles. The molecule has 1 aliphatic rings. The van der Waals surface area contributed by atoms with Gasteiger partial charge in [0.2, 0.25) is 11.8 Å². The maximum Gasteiger partial charge on any atom is 0.242 e. The first kappa shape index (κ1) is 21.9. The second kappa shape index (κ2) is 9.07. The summed E-state index contributed by atoms with van der Waals surface area (Å²) < 4.78 is 1.88. The molecule has 0 atom stereocenters. The average molecular weight is 480 g/mol. The summed E-state index contributed by atoms with van der Waals surface area (Å²) in [5.41, 5.74) is 2.33. The van der Waals surface area contributed by atoms with Crippen molar-refractivity contribution in [1.82, 2.24) is 19.4 Å². The van der Waals surface area contributed by atoms with Gasteiger partial charge in [0.05, 0.1) is 21.1 Å². The highest BCUT2D eigenvalue weighted by Gasteiger charge is 2.24. The van der Waals surface area contributed by atoms with Gasteiger partial charge in [-0.3, -0.25) is 9.59 Å². The Balaban J connectivity index is 1.65. The van der Waals surface area contributed by atoms with E-state index in [1.165, 1.54) is 0 Å². The van der Waals surface area contributed by atoms with E-state index < -0.39 is 0 Å². The van der Waals surface area contributed by atoms with Crippen LogP contribution in [0, 0.1) is 0 Å². The topological polar surface area (TPSA) is 58.4 Å². The third-order valence-electron chi connectivity index (χ3n) is 5.55. The van der Waals surface area contributed by atoms with Gasteiger partial charge < -0.3 is 14.4 Å². The standard InChI is InChI=1S/C22H21Cl3N4O2/c1-14(30)27-6-8-28(9-7-27)22(31)13-29-20-12-18(25)17(24)11-19(20)26-21(29)10-15-4-2-3-5-16(15)23/h2-5,11-12H,6-10,13H2,1H3. The van der Waals surface area contributed by atoms with E-state index in [-0.39, 0.29) is 18.4 Å². The summed E-state index contributed by atoms with van der Waals surface area (Å²) in [7, 11) is 0. The van der Waals surface area contributed by atoms with E-state index in [1.54, 1.807) is 28.9 Å². The predicted octanol–water partition coefficient (Wildman–Crippen LogP) is 4.28. The number of amides is 2. The normalized spacial score (nSPS) is 14.3. The van der Waals surface area contributed by atoms with Crippen LogP contribution in [0.15, 0.2) is 36.4 Å². The number of aromatic nitrogens is 2. The molecular formula is C22H21Cl3N4O2. The lowest BCUT2D eigenvalue weighted by molar-refractivity contribution is -0.138. The number of piperazine rings is 1. The lowest BCUT2D eigenvalue weighted by atomic mass is 10.1. The largest absolute Gasteiger partial charge is 0.339 e. The Hall–Kier alpha value is -2.28. The second-order valence-electron chi connectivity index (χ2n) is 7.52. The molecule has 0 N–H and O–H groups in total. The molecule has 2 aromatic carbocycles. The molecule has 0 aliphatic carbocycles. The molecule has 0 spiro atoms. The highest BCUT2D eigenvalue weighted by molar-refractivity contribution is 6.42. The van der Waals surface area contributed by atoms with Crippen LogP contribution in [0.4, 0.5) is 0 Å². The Kier molecular flexibility index (Phi) is 6.42. The fourth-order valence-electron chi connectivity index (χ4n) is 3.80. The predicted molar refractivity (Wildman–Crippen MR) is 123 cm³/mol. The number of fused-ring (bicyclic) bond motifs is 1. The van der Waals surface area contributed by atoms with Crippen molar-refractivity contribution in [2.75, 3.05) is 26.2 Å². The summed E-state index contributed by atoms with van der Waals surface area (Å²) >= 11 is 18.8. The van der Waals surface area contributed by atoms with E-state index in [9.17, 15) is 9.59 Å². The molecule has 0 saturated carbocycles. The molecule has 31 heavy (non-hydrogen) atoms. The van der Waals surface area contributed by atoms with Crippen molar-refractivity contribution in [3.63, 3.8) is 0 Å². The highest BCUT2D eigenvalue weighted by atomic mass is 35.5. The molecular weight excluding hydrogens is 459 g/mol. The maximum atomic E-state index is 13.1. The molecule has 1 aliphatic heterocycles. The quantitative estimate of drug-likeness (QED) is 0.561. The zero-order chi connectivity index (χ0) is 22.1. The van der Waals surface area contributed by atoms with Crippen molar-refractivity contribution < 1.29 is 9.59 Å². The van der Waals surface area contributed by atoms with Crippen LogP contribution < -0.4 is 0 Å². The van der Waals surface area contributed by atoms with Crippen LogP contribution in [0.1, 0.15) is 18.3 Å². The zero-order valence-corrected chi connectivity index (χ0v) is 19.2. The summed E-state index contributed by atoms with van der Waals surface area (Å²) in [5.74, 6) is 0.701. The molecule has 162 valence electrons. The van der Waals surface area contributed by atoms with Crippen LogP contribution >= 0.6 is 34.8 Å². The van der Waals surface area contributed by atoms with Crippen LogP contribution in [0.5, 0.6) is 0 Å². The zero-order valence-electron chi connectivity index (χ0n) is 16.9. The maximum absolute atomic E-state index is 13.1. The minimum Gasteiger partial charge on any atom is -0.339 e. The number of rotatable bonds is 4. The van der Waals surface area contributed by atoms with E-state index in [1.807, 2.05) is 28.8 Å². The van der Waals surface area contributed by atoms with Crippen molar-refractivity contribution in [1.29, 1.82) is 0 Å². The summed E-state index contributed by atoms with van der Waals surface area (Å²) in [6, 6.07) is 11.0. The molecule has 2 heterocycles. The Bertz CT molecular complexity index is 1150. The molecule has 1 fully saturated rings. The number of benzene rings is 2. The van der Waals surface area contributed by atoms with Crippen molar-refractivity contribution in [2.45, 2.75) is 19.9 Å². The van der Waals surface area contributed by atoms with E-state index in [0.717, 1.165) is 11.1 Å². The number of carbonyl (C=O) groups is 2. The van der Waals surface area contributed by atoms with E-state index in [2.05, 4.69) is 0 Å². The SMILES string of the molecule is CC(=O)N1CCN(C(=O)Cn2c(Cc3ccccc3Cl)nc3cc(Cl)c(Cl)cc32)CC1. The molecule has 6 nitrogen and oxygen atoms in total. The number of hydrogen-bond donors (Lipinski definition) is 0. The Labute approximate surface area is 195 Å². The molecule has 9 heteroatoms. The second-order valence-corrected chi connectivity index (χ2v) is 8.75. The van der Waals surface area contributed by atoms with E-state index in [0.29, 0.717) is 59.0 Å². The van der Waals surface area contributed by atoms with Crippen LogP contribution in [0.3, 0.4) is 0 Å². The van der Waals surface area contributed by atoms with Crippen molar-refractivity contribution in [3.05, 3.63) is 62.9 Å². The van der Waals surface area contributed by atoms with Crippen LogP contribution in [0.2, 0.25) is 15.1 Å². The minimum atomic E-state index is -0.0333. The van der Waals surface area contributed by atoms with Gasteiger partial charge in [-0.1, -0.05) is 53.0 Å². The summed E-state index contributed by atoms with van der Waals surface area (Å²) in [6.07, 6.45) is 0.467. The first-order valence-corrected chi connectivity index (χ1v) is 11.1. The first-order valence-electron chi connectivity index (χ1n) is 9.94. The van der Waals surface area contributed by atoms with Crippen molar-refractivity contribution in [3.8, 4) is 0 Å². The number of carbonyl (C=O) groups excluding carboxylic acids is 2. The molecule has 0 bridgehead atoms. The highest BCUT2D eigenvalue weighted by Crippen LogP contribution is 2.30. The summed E-state index contributed by atoms with van der Waals surface area (Å²) in [6.45, 7) is 3.77. The van der Waals surface area contributed by atoms with Crippen LogP contribution in [0.25, 0.3) is 11.0 Å². The van der Waals surface area contributed by atoms with Gasteiger partial charge in [0.1, 0.15) is 12.4 Å². The van der Waals surface area contributed by atoms with E-state index in [4.69, 9.17) is 39.8 Å². The molecule has 2 amide bonds. The number of nitrogens with zero attached hydrogens (tertiary/aromatic N) is 4. The number of imidazole rings is 1. The Morgan fingerprint density at radius 3 is 2.26 bits per heavy atom. The van der Waals surface area contributed by atoms with Crippen LogP contribution in [-0.2, 0) is 22.6 Å². The molecule has 1 saturated heterocycles. The lowest BCUT2D eigenvalue weighted by Gasteiger charge is -2.34. The minimum absolute atomic E-state index is 0.0289. The van der Waals surface area contributed by atoms with Gasteiger partial charge in [-0.05, 0) is 23.8 Å². The average Bonchev–Trinajstić information content (AvgIpc) is 3.06. The number of hydrogen-bond acceptors (Lipinski definition) is 3. The van der Waals surface area contributed by atoms with Gasteiger partial charge in [-0.2, -0.15) is 0 Å². The lowest BCUT2D eigenvalue weighted by Crippen LogP contribution is -2.50. The fraction of sp³-hybridized carbons (Fsp3) is 0.318.